The van der Waals surface area contributed by atoms with Gasteiger partial charge in [0.15, 0.2) is 0 Å². The number of benzene rings is 2. The molecular formula is C21H21ClIN3O. The van der Waals surface area contributed by atoms with Gasteiger partial charge in [-0.05, 0) is 95.4 Å². The molecule has 3 aromatic rings. The standard InChI is InChI=1S/C21H21ClIN3O/c22-16-8-14(9-17(23)11-16)12-26-7-1-2-19(13-26)25-18-3-4-20-15(10-18)5-6-24-21(20)27/h3-6,8-11,19,25H,1-2,7,12-13H2,(H,24,27)/t19-/m1/s1. The Morgan fingerprint density at radius 1 is 1.22 bits per heavy atom. The Morgan fingerprint density at radius 3 is 2.96 bits per heavy atom. The molecule has 0 spiro atoms. The normalized spacial score (nSPS) is 17.9. The van der Waals surface area contributed by atoms with Crippen molar-refractivity contribution in [2.24, 2.45) is 0 Å². The molecule has 27 heavy (non-hydrogen) atoms. The summed E-state index contributed by atoms with van der Waals surface area (Å²) in [6, 6.07) is 14.5. The average molecular weight is 494 g/mol. The lowest BCUT2D eigenvalue weighted by molar-refractivity contribution is 0.208. The van der Waals surface area contributed by atoms with Crippen LogP contribution in [0, 0.1) is 3.57 Å². The first-order valence-corrected chi connectivity index (χ1v) is 10.6. The highest BCUT2D eigenvalue weighted by atomic mass is 127. The molecule has 1 saturated heterocycles. The number of hydrogen-bond acceptors (Lipinski definition) is 3. The molecule has 4 nitrogen and oxygen atoms in total. The number of aromatic nitrogens is 1. The maximum atomic E-state index is 11.9. The van der Waals surface area contributed by atoms with Crippen molar-refractivity contribution in [2.45, 2.75) is 25.4 Å². The Kier molecular flexibility index (Phi) is 5.71. The second-order valence-corrected chi connectivity index (χ2v) is 8.79. The van der Waals surface area contributed by atoms with E-state index in [0.717, 1.165) is 47.5 Å². The molecule has 1 aromatic heterocycles. The zero-order chi connectivity index (χ0) is 18.8. The van der Waals surface area contributed by atoms with E-state index in [1.54, 1.807) is 6.20 Å². The highest BCUT2D eigenvalue weighted by molar-refractivity contribution is 14.1. The van der Waals surface area contributed by atoms with Crippen LogP contribution in [-0.4, -0.2) is 29.0 Å². The molecule has 2 aromatic carbocycles. The van der Waals surface area contributed by atoms with Crippen molar-refractivity contribution >= 4 is 50.7 Å². The van der Waals surface area contributed by atoms with Crippen molar-refractivity contribution in [3.05, 3.63) is 73.2 Å². The molecule has 0 bridgehead atoms. The van der Waals surface area contributed by atoms with E-state index < -0.39 is 0 Å². The Balaban J connectivity index is 1.44. The van der Waals surface area contributed by atoms with Crippen molar-refractivity contribution in [2.75, 3.05) is 18.4 Å². The summed E-state index contributed by atoms with van der Waals surface area (Å²) in [7, 11) is 0. The van der Waals surface area contributed by atoms with E-state index >= 15 is 0 Å². The summed E-state index contributed by atoms with van der Waals surface area (Å²) in [6.45, 7) is 3.02. The largest absolute Gasteiger partial charge is 0.381 e. The number of anilines is 1. The summed E-state index contributed by atoms with van der Waals surface area (Å²) < 4.78 is 1.17. The quantitative estimate of drug-likeness (QED) is 0.510. The fraction of sp³-hybridized carbons (Fsp3) is 0.286. The maximum absolute atomic E-state index is 11.9. The Bertz CT molecular complexity index is 999. The predicted molar refractivity (Wildman–Crippen MR) is 121 cm³/mol. The number of rotatable bonds is 4. The fourth-order valence-corrected chi connectivity index (χ4v) is 4.97. The molecule has 1 aliphatic heterocycles. The van der Waals surface area contributed by atoms with E-state index in [1.807, 2.05) is 24.3 Å². The van der Waals surface area contributed by atoms with E-state index in [2.05, 4.69) is 56.0 Å². The Morgan fingerprint density at radius 2 is 2.11 bits per heavy atom. The molecule has 2 heterocycles. The molecule has 6 heteroatoms. The summed E-state index contributed by atoms with van der Waals surface area (Å²) in [4.78, 5) is 17.1. The first-order chi connectivity index (χ1) is 13.1. The van der Waals surface area contributed by atoms with Crippen molar-refractivity contribution in [1.29, 1.82) is 0 Å². The first-order valence-electron chi connectivity index (χ1n) is 9.12. The van der Waals surface area contributed by atoms with Crippen molar-refractivity contribution < 1.29 is 0 Å². The van der Waals surface area contributed by atoms with Crippen molar-refractivity contribution in [1.82, 2.24) is 9.88 Å². The number of halogens is 2. The van der Waals surface area contributed by atoms with Gasteiger partial charge in [-0.25, -0.2) is 0 Å². The number of hydrogen-bond donors (Lipinski definition) is 2. The van der Waals surface area contributed by atoms with Gasteiger partial charge in [0, 0.05) is 45.0 Å². The summed E-state index contributed by atoms with van der Waals surface area (Å²) in [5.41, 5.74) is 2.29. The van der Waals surface area contributed by atoms with Crippen LogP contribution in [0.2, 0.25) is 5.02 Å². The summed E-state index contributed by atoms with van der Waals surface area (Å²) in [6.07, 6.45) is 4.02. The van der Waals surface area contributed by atoms with Gasteiger partial charge in [0.05, 0.1) is 0 Å². The smallest absolute Gasteiger partial charge is 0.255 e. The molecular weight excluding hydrogens is 473 g/mol. The third-order valence-electron chi connectivity index (χ3n) is 4.98. The third-order valence-corrected chi connectivity index (χ3v) is 5.82. The number of likely N-dealkylation sites (tertiary alicyclic amines) is 1. The zero-order valence-corrected chi connectivity index (χ0v) is 17.8. The molecule has 1 aliphatic rings. The van der Waals surface area contributed by atoms with Crippen molar-refractivity contribution in [3.8, 4) is 0 Å². The lowest BCUT2D eigenvalue weighted by Gasteiger charge is -2.33. The molecule has 0 saturated carbocycles. The molecule has 140 valence electrons. The fourth-order valence-electron chi connectivity index (χ4n) is 3.80. The third kappa shape index (κ3) is 4.65. The molecule has 0 unspecified atom stereocenters. The minimum absolute atomic E-state index is 0.0426. The monoisotopic (exact) mass is 493 g/mol. The highest BCUT2D eigenvalue weighted by Crippen LogP contribution is 2.22. The van der Waals surface area contributed by atoms with Crippen LogP contribution < -0.4 is 10.9 Å². The van der Waals surface area contributed by atoms with E-state index in [9.17, 15) is 4.79 Å². The minimum Gasteiger partial charge on any atom is -0.381 e. The second-order valence-electron chi connectivity index (χ2n) is 7.11. The van der Waals surface area contributed by atoms with E-state index in [1.165, 1.54) is 15.6 Å². The lowest BCUT2D eigenvalue weighted by atomic mass is 10.0. The van der Waals surface area contributed by atoms with Crippen LogP contribution in [0.25, 0.3) is 10.8 Å². The number of nitrogens with one attached hydrogen (secondary N) is 2. The van der Waals surface area contributed by atoms with Gasteiger partial charge in [-0.3, -0.25) is 9.69 Å². The predicted octanol–water partition coefficient (Wildman–Crippen LogP) is 4.86. The van der Waals surface area contributed by atoms with Crippen LogP contribution in [0.1, 0.15) is 18.4 Å². The van der Waals surface area contributed by atoms with Gasteiger partial charge in [0.2, 0.25) is 0 Å². The van der Waals surface area contributed by atoms with Gasteiger partial charge in [0.1, 0.15) is 0 Å². The number of aromatic amines is 1. The lowest BCUT2D eigenvalue weighted by Crippen LogP contribution is -2.41. The molecule has 1 atom stereocenters. The second kappa shape index (κ2) is 8.20. The minimum atomic E-state index is -0.0426. The first kappa shape index (κ1) is 18.8. The molecule has 2 N–H and O–H groups in total. The summed E-state index contributed by atoms with van der Waals surface area (Å²) >= 11 is 8.52. The van der Waals surface area contributed by atoms with E-state index in [0.29, 0.717) is 6.04 Å². The number of piperidine rings is 1. The van der Waals surface area contributed by atoms with Crippen molar-refractivity contribution in [3.63, 3.8) is 0 Å². The molecule has 1 fully saturated rings. The van der Waals surface area contributed by atoms with Gasteiger partial charge in [-0.15, -0.1) is 0 Å². The Labute approximate surface area is 177 Å². The van der Waals surface area contributed by atoms with Gasteiger partial charge >= 0.3 is 0 Å². The van der Waals surface area contributed by atoms with Gasteiger partial charge < -0.3 is 10.3 Å². The van der Waals surface area contributed by atoms with E-state index in [4.69, 9.17) is 11.6 Å². The number of pyridine rings is 1. The summed E-state index contributed by atoms with van der Waals surface area (Å²) in [5.74, 6) is 0. The maximum Gasteiger partial charge on any atom is 0.255 e. The van der Waals surface area contributed by atoms with Gasteiger partial charge in [-0.2, -0.15) is 0 Å². The van der Waals surface area contributed by atoms with Crippen LogP contribution in [0.15, 0.2) is 53.5 Å². The number of H-pyrrole nitrogens is 1. The van der Waals surface area contributed by atoms with E-state index in [-0.39, 0.29) is 5.56 Å². The molecule has 4 rings (SSSR count). The topological polar surface area (TPSA) is 48.1 Å². The van der Waals surface area contributed by atoms with Gasteiger partial charge in [0.25, 0.3) is 5.56 Å². The number of nitrogens with zero attached hydrogens (tertiary/aromatic N) is 1. The average Bonchev–Trinajstić information content (AvgIpc) is 2.61. The highest BCUT2D eigenvalue weighted by Gasteiger charge is 2.20. The summed E-state index contributed by atoms with van der Waals surface area (Å²) in [5, 5.41) is 6.14. The SMILES string of the molecule is O=c1[nH]ccc2cc(N[C@@H]3CCCN(Cc4cc(Cl)cc(I)c4)C3)ccc12. The van der Waals surface area contributed by atoms with Crippen LogP contribution >= 0.6 is 34.2 Å². The van der Waals surface area contributed by atoms with Gasteiger partial charge in [-0.1, -0.05) is 11.6 Å². The zero-order valence-electron chi connectivity index (χ0n) is 14.8. The van der Waals surface area contributed by atoms with Crippen LogP contribution in [0.3, 0.4) is 0 Å². The Hall–Kier alpha value is -1.57. The van der Waals surface area contributed by atoms with Crippen LogP contribution in [0.5, 0.6) is 0 Å². The van der Waals surface area contributed by atoms with Crippen LogP contribution in [-0.2, 0) is 6.54 Å². The molecule has 0 aliphatic carbocycles. The van der Waals surface area contributed by atoms with Crippen LogP contribution in [0.4, 0.5) is 5.69 Å². The number of fused-ring (bicyclic) bond motifs is 1. The molecule has 0 radical (unpaired) electrons. The molecule has 0 amide bonds.